The van der Waals surface area contributed by atoms with Crippen LogP contribution in [0.4, 0.5) is 11.4 Å². The van der Waals surface area contributed by atoms with Gasteiger partial charge < -0.3 is 15.7 Å². The number of hydrogen-bond donors (Lipinski definition) is 2. The minimum absolute atomic E-state index is 0.274. The van der Waals surface area contributed by atoms with Crippen molar-refractivity contribution in [1.29, 1.82) is 0 Å². The number of nitrogens with zero attached hydrogens (tertiary/aromatic N) is 2. The second-order valence-electron chi connectivity index (χ2n) is 4.40. The fourth-order valence-electron chi connectivity index (χ4n) is 2.03. The third-order valence-electron chi connectivity index (χ3n) is 3.08. The Morgan fingerprint density at radius 2 is 2.17 bits per heavy atom. The second kappa shape index (κ2) is 6.02. The zero-order valence-corrected chi connectivity index (χ0v) is 11.4. The highest BCUT2D eigenvalue weighted by Gasteiger charge is 2.10. The number of aliphatic hydroxyl groups excluding tert-OH is 1. The molecule has 0 saturated carbocycles. The molecule has 1 heterocycles. The fraction of sp³-hybridized carbons (Fsp3) is 0.462. The Morgan fingerprint density at radius 1 is 1.33 bits per heavy atom. The summed E-state index contributed by atoms with van der Waals surface area (Å²) in [5.41, 5.74) is 10.7. The largest absolute Gasteiger partial charge is 0.396 e. The number of fused-ring (bicyclic) bond motifs is 1. The molecule has 0 aliphatic rings. The van der Waals surface area contributed by atoms with E-state index in [9.17, 15) is 0 Å². The van der Waals surface area contributed by atoms with Gasteiger partial charge in [-0.05, 0) is 31.4 Å². The van der Waals surface area contributed by atoms with Gasteiger partial charge in [-0.25, -0.2) is 4.98 Å². The average molecular weight is 265 g/mol. The number of aliphatic hydroxyl groups is 1. The Balaban J connectivity index is 2.07. The lowest BCUT2D eigenvalue weighted by atomic mass is 10.2. The molecule has 0 saturated heterocycles. The van der Waals surface area contributed by atoms with Crippen molar-refractivity contribution in [2.24, 2.45) is 0 Å². The van der Waals surface area contributed by atoms with E-state index >= 15 is 0 Å². The highest BCUT2D eigenvalue weighted by Crippen LogP contribution is 2.31. The highest BCUT2D eigenvalue weighted by atomic mass is 32.1. The number of nitrogen functional groups attached to an aromatic ring is 1. The van der Waals surface area contributed by atoms with Crippen molar-refractivity contribution in [2.75, 3.05) is 30.8 Å². The van der Waals surface area contributed by atoms with Crippen LogP contribution in [0.25, 0.3) is 10.2 Å². The first kappa shape index (κ1) is 13.1. The molecule has 98 valence electrons. The van der Waals surface area contributed by atoms with Crippen molar-refractivity contribution in [3.8, 4) is 0 Å². The molecule has 1 aromatic carbocycles. The summed E-state index contributed by atoms with van der Waals surface area (Å²) in [4.78, 5) is 6.46. The quantitative estimate of drug-likeness (QED) is 0.622. The number of thiazole rings is 1. The summed E-state index contributed by atoms with van der Waals surface area (Å²) in [6.45, 7) is 1.22. The van der Waals surface area contributed by atoms with E-state index in [1.807, 2.05) is 12.6 Å². The number of anilines is 2. The summed E-state index contributed by atoms with van der Waals surface area (Å²) in [5, 5.41) is 8.75. The molecule has 0 atom stereocenters. The molecule has 0 aliphatic carbocycles. The first-order valence-electron chi connectivity index (χ1n) is 6.17. The molecular weight excluding hydrogens is 246 g/mol. The van der Waals surface area contributed by atoms with Gasteiger partial charge in [0.25, 0.3) is 0 Å². The summed E-state index contributed by atoms with van der Waals surface area (Å²) in [5.74, 6) is 0. The zero-order chi connectivity index (χ0) is 13.0. The van der Waals surface area contributed by atoms with Crippen LogP contribution in [0, 0.1) is 0 Å². The number of hydrogen-bond acceptors (Lipinski definition) is 5. The Kier molecular flexibility index (Phi) is 4.38. The number of benzene rings is 1. The first-order valence-corrected chi connectivity index (χ1v) is 7.05. The molecule has 0 bridgehead atoms. The lowest BCUT2D eigenvalue weighted by Crippen LogP contribution is -2.19. The monoisotopic (exact) mass is 265 g/mol. The van der Waals surface area contributed by atoms with Gasteiger partial charge in [-0.15, -0.1) is 11.3 Å². The average Bonchev–Trinajstić information content (AvgIpc) is 2.84. The van der Waals surface area contributed by atoms with Crippen molar-refractivity contribution < 1.29 is 5.11 Å². The Bertz CT molecular complexity index is 512. The van der Waals surface area contributed by atoms with Crippen LogP contribution in [-0.2, 0) is 0 Å². The number of nitrogens with two attached hydrogens (primary N) is 1. The molecule has 5 heteroatoms. The SMILES string of the molecule is CN(CCCCCO)c1ccc2scnc2c1N. The maximum atomic E-state index is 8.75. The van der Waals surface area contributed by atoms with Crippen LogP contribution >= 0.6 is 11.3 Å². The van der Waals surface area contributed by atoms with Crippen molar-refractivity contribution in [2.45, 2.75) is 19.3 Å². The van der Waals surface area contributed by atoms with Crippen molar-refractivity contribution in [3.05, 3.63) is 17.6 Å². The van der Waals surface area contributed by atoms with Gasteiger partial charge in [-0.1, -0.05) is 0 Å². The van der Waals surface area contributed by atoms with E-state index in [1.165, 1.54) is 0 Å². The first-order chi connectivity index (χ1) is 8.74. The van der Waals surface area contributed by atoms with Gasteiger partial charge in [0.1, 0.15) is 5.52 Å². The molecule has 3 N–H and O–H groups in total. The summed E-state index contributed by atoms with van der Waals surface area (Å²) in [6, 6.07) is 4.13. The Hall–Kier alpha value is -1.33. The van der Waals surface area contributed by atoms with Crippen LogP contribution in [0.5, 0.6) is 0 Å². The van der Waals surface area contributed by atoms with Crippen LogP contribution in [-0.4, -0.2) is 30.3 Å². The fourth-order valence-corrected chi connectivity index (χ4v) is 2.72. The predicted octanol–water partition coefficient (Wildman–Crippen LogP) is 2.48. The van der Waals surface area contributed by atoms with Crippen molar-refractivity contribution in [3.63, 3.8) is 0 Å². The second-order valence-corrected chi connectivity index (χ2v) is 5.29. The van der Waals surface area contributed by atoms with Gasteiger partial charge in [0, 0.05) is 20.2 Å². The maximum absolute atomic E-state index is 8.75. The molecule has 0 aliphatic heterocycles. The van der Waals surface area contributed by atoms with Crippen LogP contribution < -0.4 is 10.6 Å². The predicted molar refractivity (Wildman–Crippen MR) is 78.2 cm³/mol. The molecule has 0 unspecified atom stereocenters. The van der Waals surface area contributed by atoms with Crippen molar-refractivity contribution >= 4 is 32.9 Å². The topological polar surface area (TPSA) is 62.4 Å². The van der Waals surface area contributed by atoms with Gasteiger partial charge in [-0.3, -0.25) is 0 Å². The van der Waals surface area contributed by atoms with Crippen LogP contribution in [0.15, 0.2) is 17.6 Å². The number of unbranched alkanes of at least 4 members (excludes halogenated alkanes) is 2. The summed E-state index contributed by atoms with van der Waals surface area (Å²) in [7, 11) is 2.04. The zero-order valence-electron chi connectivity index (χ0n) is 10.6. The van der Waals surface area contributed by atoms with Crippen molar-refractivity contribution in [1.82, 2.24) is 4.98 Å². The lowest BCUT2D eigenvalue weighted by Gasteiger charge is -2.21. The van der Waals surface area contributed by atoms with E-state index < -0.39 is 0 Å². The molecule has 0 spiro atoms. The van der Waals surface area contributed by atoms with E-state index in [-0.39, 0.29) is 6.61 Å². The lowest BCUT2D eigenvalue weighted by molar-refractivity contribution is 0.283. The molecule has 2 rings (SSSR count). The molecule has 0 fully saturated rings. The van der Waals surface area contributed by atoms with Crippen LogP contribution in [0.2, 0.25) is 0 Å². The van der Waals surface area contributed by atoms with Gasteiger partial charge >= 0.3 is 0 Å². The number of rotatable bonds is 6. The smallest absolute Gasteiger partial charge is 0.106 e. The molecule has 0 radical (unpaired) electrons. The molecule has 18 heavy (non-hydrogen) atoms. The van der Waals surface area contributed by atoms with Gasteiger partial charge in [-0.2, -0.15) is 0 Å². The Morgan fingerprint density at radius 3 is 2.94 bits per heavy atom. The molecule has 4 nitrogen and oxygen atoms in total. The summed E-state index contributed by atoms with van der Waals surface area (Å²) < 4.78 is 1.13. The normalized spacial score (nSPS) is 11.0. The van der Waals surface area contributed by atoms with E-state index in [0.717, 1.165) is 47.4 Å². The summed E-state index contributed by atoms with van der Waals surface area (Å²) in [6.07, 6.45) is 2.97. The van der Waals surface area contributed by atoms with E-state index in [2.05, 4.69) is 22.0 Å². The minimum atomic E-state index is 0.274. The third-order valence-corrected chi connectivity index (χ3v) is 3.88. The van der Waals surface area contributed by atoms with E-state index in [4.69, 9.17) is 10.8 Å². The molecular formula is C13H19N3OS. The molecule has 0 amide bonds. The number of aromatic nitrogens is 1. The molecule has 2 aromatic rings. The van der Waals surface area contributed by atoms with Gasteiger partial charge in [0.2, 0.25) is 0 Å². The minimum Gasteiger partial charge on any atom is -0.396 e. The van der Waals surface area contributed by atoms with Gasteiger partial charge in [0.05, 0.1) is 21.6 Å². The maximum Gasteiger partial charge on any atom is 0.106 e. The van der Waals surface area contributed by atoms with Gasteiger partial charge in [0.15, 0.2) is 0 Å². The summed E-state index contributed by atoms with van der Waals surface area (Å²) >= 11 is 1.61. The standard InChI is InChI=1S/C13H19N3OS/c1-16(7-3-2-4-8-17)10-5-6-11-13(12(10)14)15-9-18-11/h5-6,9,17H,2-4,7-8,14H2,1H3. The van der Waals surface area contributed by atoms with E-state index in [1.54, 1.807) is 11.3 Å². The third kappa shape index (κ3) is 2.73. The van der Waals surface area contributed by atoms with E-state index in [0.29, 0.717) is 0 Å². The Labute approximate surface area is 111 Å². The van der Waals surface area contributed by atoms with Crippen LogP contribution in [0.1, 0.15) is 19.3 Å². The highest BCUT2D eigenvalue weighted by molar-refractivity contribution is 7.16. The van der Waals surface area contributed by atoms with Crippen LogP contribution in [0.3, 0.4) is 0 Å². The molecule has 1 aromatic heterocycles.